The first-order valence-corrected chi connectivity index (χ1v) is 7.61. The van der Waals surface area contributed by atoms with Gasteiger partial charge in [-0.15, -0.1) is 0 Å². The standard InChI is InChI=1S/C16H19N3O/c20-15(11-9-10-11)18-16-17-13-7-3-4-8-14(13)19(16)12-5-1-2-6-12/h3-4,7-8,11-12H,1-2,5-6,9-10H2,(H,17,18,20). The summed E-state index contributed by atoms with van der Waals surface area (Å²) >= 11 is 0. The molecule has 2 aliphatic carbocycles. The zero-order valence-corrected chi connectivity index (χ0v) is 11.5. The average molecular weight is 269 g/mol. The lowest BCUT2D eigenvalue weighted by Crippen LogP contribution is -2.18. The number of anilines is 1. The van der Waals surface area contributed by atoms with Gasteiger partial charge in [-0.3, -0.25) is 10.1 Å². The third-order valence-electron chi connectivity index (χ3n) is 4.47. The van der Waals surface area contributed by atoms with Gasteiger partial charge in [0.1, 0.15) is 0 Å². The van der Waals surface area contributed by atoms with Gasteiger partial charge in [0.15, 0.2) is 0 Å². The molecule has 2 aliphatic rings. The van der Waals surface area contributed by atoms with E-state index in [9.17, 15) is 4.79 Å². The Labute approximate surface area is 118 Å². The van der Waals surface area contributed by atoms with Gasteiger partial charge in [0.05, 0.1) is 11.0 Å². The topological polar surface area (TPSA) is 46.9 Å². The van der Waals surface area contributed by atoms with Gasteiger partial charge in [-0.25, -0.2) is 4.98 Å². The number of rotatable bonds is 3. The maximum absolute atomic E-state index is 12.1. The summed E-state index contributed by atoms with van der Waals surface area (Å²) in [5, 5.41) is 3.05. The minimum absolute atomic E-state index is 0.138. The highest BCUT2D eigenvalue weighted by Gasteiger charge is 2.31. The number of para-hydroxylation sites is 2. The molecule has 2 aromatic rings. The average Bonchev–Trinajstić information content (AvgIpc) is 3.06. The lowest BCUT2D eigenvalue weighted by atomic mass is 10.2. The van der Waals surface area contributed by atoms with Crippen LogP contribution in [0.15, 0.2) is 24.3 Å². The van der Waals surface area contributed by atoms with Gasteiger partial charge in [-0.05, 0) is 37.8 Å². The quantitative estimate of drug-likeness (QED) is 0.927. The minimum Gasteiger partial charge on any atom is -0.307 e. The Kier molecular flexibility index (Phi) is 2.76. The molecule has 4 heteroatoms. The van der Waals surface area contributed by atoms with Gasteiger partial charge < -0.3 is 4.57 Å². The summed E-state index contributed by atoms with van der Waals surface area (Å²) in [6, 6.07) is 8.65. The van der Waals surface area contributed by atoms with E-state index in [1.807, 2.05) is 18.2 Å². The summed E-state index contributed by atoms with van der Waals surface area (Å²) in [5.41, 5.74) is 2.12. The molecule has 2 saturated carbocycles. The maximum Gasteiger partial charge on any atom is 0.229 e. The third kappa shape index (κ3) is 1.99. The molecule has 1 heterocycles. The second-order valence-electron chi connectivity index (χ2n) is 6.00. The summed E-state index contributed by atoms with van der Waals surface area (Å²) in [5.74, 6) is 1.10. The predicted octanol–water partition coefficient (Wildman–Crippen LogP) is 3.50. The fraction of sp³-hybridized carbons (Fsp3) is 0.500. The number of carbonyl (C=O) groups is 1. The van der Waals surface area contributed by atoms with Crippen molar-refractivity contribution in [1.82, 2.24) is 9.55 Å². The molecule has 0 atom stereocenters. The molecule has 2 fully saturated rings. The predicted molar refractivity (Wildman–Crippen MR) is 78.6 cm³/mol. The Morgan fingerprint density at radius 3 is 2.65 bits per heavy atom. The van der Waals surface area contributed by atoms with Crippen molar-refractivity contribution < 1.29 is 4.79 Å². The largest absolute Gasteiger partial charge is 0.307 e. The highest BCUT2D eigenvalue weighted by molar-refractivity contribution is 5.94. The number of benzene rings is 1. The maximum atomic E-state index is 12.1. The van der Waals surface area contributed by atoms with E-state index in [0.717, 1.165) is 29.8 Å². The Morgan fingerprint density at radius 1 is 1.15 bits per heavy atom. The molecule has 0 spiro atoms. The molecule has 20 heavy (non-hydrogen) atoms. The second-order valence-corrected chi connectivity index (χ2v) is 6.00. The summed E-state index contributed by atoms with van der Waals surface area (Å²) in [4.78, 5) is 16.7. The van der Waals surface area contributed by atoms with Crippen molar-refractivity contribution in [3.05, 3.63) is 24.3 Å². The molecule has 1 aromatic carbocycles. The van der Waals surface area contributed by atoms with Gasteiger partial charge in [0.2, 0.25) is 11.9 Å². The van der Waals surface area contributed by atoms with Crippen molar-refractivity contribution in [3.8, 4) is 0 Å². The Morgan fingerprint density at radius 2 is 1.90 bits per heavy atom. The fourth-order valence-electron chi connectivity index (χ4n) is 3.22. The van der Waals surface area contributed by atoms with E-state index in [4.69, 9.17) is 0 Å². The van der Waals surface area contributed by atoms with Crippen molar-refractivity contribution in [3.63, 3.8) is 0 Å². The number of fused-ring (bicyclic) bond motifs is 1. The van der Waals surface area contributed by atoms with Crippen molar-refractivity contribution in [1.29, 1.82) is 0 Å². The first-order valence-electron chi connectivity index (χ1n) is 7.61. The molecule has 0 radical (unpaired) electrons. The number of hydrogen-bond donors (Lipinski definition) is 1. The second kappa shape index (κ2) is 4.62. The zero-order valence-electron chi connectivity index (χ0n) is 11.5. The molecule has 0 bridgehead atoms. The molecule has 1 amide bonds. The van der Waals surface area contributed by atoms with Crippen LogP contribution >= 0.6 is 0 Å². The first kappa shape index (κ1) is 11.9. The minimum atomic E-state index is 0.138. The van der Waals surface area contributed by atoms with Gasteiger partial charge in [-0.1, -0.05) is 25.0 Å². The number of nitrogens with zero attached hydrogens (tertiary/aromatic N) is 2. The van der Waals surface area contributed by atoms with Crippen molar-refractivity contribution in [2.75, 3.05) is 5.32 Å². The van der Waals surface area contributed by atoms with E-state index >= 15 is 0 Å². The lowest BCUT2D eigenvalue weighted by molar-refractivity contribution is -0.117. The van der Waals surface area contributed by atoms with Crippen LogP contribution in [0.2, 0.25) is 0 Å². The van der Waals surface area contributed by atoms with Crippen LogP contribution in [0.3, 0.4) is 0 Å². The van der Waals surface area contributed by atoms with Crippen LogP contribution in [0.4, 0.5) is 5.95 Å². The van der Waals surface area contributed by atoms with E-state index < -0.39 is 0 Å². The van der Waals surface area contributed by atoms with E-state index in [2.05, 4.69) is 20.9 Å². The Bertz CT molecular complexity index is 651. The number of aromatic nitrogens is 2. The Balaban J connectivity index is 1.76. The van der Waals surface area contributed by atoms with Crippen LogP contribution in [0.1, 0.15) is 44.6 Å². The molecule has 0 unspecified atom stereocenters. The smallest absolute Gasteiger partial charge is 0.229 e. The van der Waals surface area contributed by atoms with E-state index in [1.165, 1.54) is 25.7 Å². The number of imidazole rings is 1. The van der Waals surface area contributed by atoms with Gasteiger partial charge in [0, 0.05) is 12.0 Å². The molecule has 0 saturated heterocycles. The van der Waals surface area contributed by atoms with Crippen LogP contribution in [0, 0.1) is 5.92 Å². The fourth-order valence-corrected chi connectivity index (χ4v) is 3.22. The molecular weight excluding hydrogens is 250 g/mol. The molecule has 4 rings (SSSR count). The first-order chi connectivity index (χ1) is 9.83. The van der Waals surface area contributed by atoms with Crippen LogP contribution in [0.5, 0.6) is 0 Å². The van der Waals surface area contributed by atoms with E-state index in [0.29, 0.717) is 6.04 Å². The van der Waals surface area contributed by atoms with Crippen LogP contribution in [0.25, 0.3) is 11.0 Å². The van der Waals surface area contributed by atoms with Gasteiger partial charge in [0.25, 0.3) is 0 Å². The zero-order chi connectivity index (χ0) is 13.5. The third-order valence-corrected chi connectivity index (χ3v) is 4.47. The van der Waals surface area contributed by atoms with E-state index in [1.54, 1.807) is 0 Å². The number of hydrogen-bond acceptors (Lipinski definition) is 2. The van der Waals surface area contributed by atoms with Crippen molar-refractivity contribution in [2.45, 2.75) is 44.6 Å². The molecular formula is C16H19N3O. The van der Waals surface area contributed by atoms with E-state index in [-0.39, 0.29) is 11.8 Å². The summed E-state index contributed by atoms with van der Waals surface area (Å²) in [6.45, 7) is 0. The highest BCUT2D eigenvalue weighted by Crippen LogP contribution is 2.36. The molecule has 1 aromatic heterocycles. The van der Waals surface area contributed by atoms with Crippen LogP contribution < -0.4 is 5.32 Å². The van der Waals surface area contributed by atoms with Crippen LogP contribution in [-0.2, 0) is 4.79 Å². The number of carbonyl (C=O) groups excluding carboxylic acids is 1. The monoisotopic (exact) mass is 269 g/mol. The van der Waals surface area contributed by atoms with Crippen LogP contribution in [-0.4, -0.2) is 15.5 Å². The van der Waals surface area contributed by atoms with Gasteiger partial charge >= 0.3 is 0 Å². The highest BCUT2D eigenvalue weighted by atomic mass is 16.2. The summed E-state index contributed by atoms with van der Waals surface area (Å²) in [6.07, 6.45) is 6.96. The number of amides is 1. The molecule has 1 N–H and O–H groups in total. The summed E-state index contributed by atoms with van der Waals surface area (Å²) < 4.78 is 2.25. The molecule has 4 nitrogen and oxygen atoms in total. The van der Waals surface area contributed by atoms with Gasteiger partial charge in [-0.2, -0.15) is 0 Å². The molecule has 104 valence electrons. The summed E-state index contributed by atoms with van der Waals surface area (Å²) in [7, 11) is 0. The van der Waals surface area contributed by atoms with Crippen molar-refractivity contribution in [2.24, 2.45) is 5.92 Å². The number of nitrogens with one attached hydrogen (secondary N) is 1. The SMILES string of the molecule is O=C(Nc1nc2ccccc2n1C1CCCC1)C1CC1. The van der Waals surface area contributed by atoms with Crippen molar-refractivity contribution >= 4 is 22.9 Å². The Hall–Kier alpha value is -1.84. The normalized spacial score (nSPS) is 19.6. The molecule has 0 aliphatic heterocycles. The lowest BCUT2D eigenvalue weighted by Gasteiger charge is -2.16.